The van der Waals surface area contributed by atoms with E-state index >= 15 is 0 Å². The van der Waals surface area contributed by atoms with Gasteiger partial charge < -0.3 is 20.2 Å². The molecule has 1 aromatic heterocycles. The fourth-order valence-corrected chi connectivity index (χ4v) is 3.83. The van der Waals surface area contributed by atoms with E-state index in [2.05, 4.69) is 25.1 Å². The zero-order valence-electron chi connectivity index (χ0n) is 15.9. The van der Waals surface area contributed by atoms with Crippen molar-refractivity contribution >= 4 is 17.5 Å². The third kappa shape index (κ3) is 4.44. The normalized spacial score (nSPS) is 24.0. The highest BCUT2D eigenvalue weighted by molar-refractivity contribution is 5.78. The Morgan fingerprint density at radius 3 is 2.81 bits per heavy atom. The lowest BCUT2D eigenvalue weighted by atomic mass is 10.0. The van der Waals surface area contributed by atoms with Crippen molar-refractivity contribution in [1.29, 1.82) is 0 Å². The van der Waals surface area contributed by atoms with E-state index in [-0.39, 0.29) is 30.5 Å². The summed E-state index contributed by atoms with van der Waals surface area (Å²) in [4.78, 5) is 25.4. The summed E-state index contributed by atoms with van der Waals surface area (Å²) < 4.78 is 0. The fraction of sp³-hybridized carbons (Fsp3) is 0.737. The van der Waals surface area contributed by atoms with E-state index in [4.69, 9.17) is 0 Å². The molecule has 7 nitrogen and oxygen atoms in total. The molecule has 3 rings (SSSR count). The monoisotopic (exact) mass is 361 g/mol. The van der Waals surface area contributed by atoms with Crippen LogP contribution in [0.15, 0.2) is 12.4 Å². The van der Waals surface area contributed by atoms with Crippen LogP contribution < -0.4 is 15.1 Å². The first-order valence-electron chi connectivity index (χ1n) is 9.83. The molecule has 1 aromatic rings. The average Bonchev–Trinajstić information content (AvgIpc) is 2.68. The first-order chi connectivity index (χ1) is 12.6. The van der Waals surface area contributed by atoms with Crippen molar-refractivity contribution in [2.45, 2.75) is 58.0 Å². The van der Waals surface area contributed by atoms with Gasteiger partial charge >= 0.3 is 0 Å². The third-order valence-electron chi connectivity index (χ3n) is 5.39. The molecule has 1 amide bonds. The number of hydrogen-bond acceptors (Lipinski definition) is 6. The van der Waals surface area contributed by atoms with Gasteiger partial charge in [-0.1, -0.05) is 13.8 Å². The Kier molecular flexibility index (Phi) is 6.29. The Hall–Kier alpha value is -1.89. The minimum Gasteiger partial charge on any atom is -0.394 e. The van der Waals surface area contributed by atoms with Crippen LogP contribution in [0.2, 0.25) is 0 Å². The molecular weight excluding hydrogens is 330 g/mol. The van der Waals surface area contributed by atoms with E-state index in [0.29, 0.717) is 0 Å². The summed E-state index contributed by atoms with van der Waals surface area (Å²) in [5, 5.41) is 12.8. The summed E-state index contributed by atoms with van der Waals surface area (Å²) in [6, 6.07) is 2.34. The van der Waals surface area contributed by atoms with Crippen LogP contribution in [0.4, 0.5) is 11.6 Å². The highest BCUT2D eigenvalue weighted by Crippen LogP contribution is 2.26. The van der Waals surface area contributed by atoms with Gasteiger partial charge in [-0.3, -0.25) is 4.79 Å². The Bertz CT molecular complexity index is 609. The first kappa shape index (κ1) is 18.9. The molecule has 0 radical (unpaired) electrons. The summed E-state index contributed by atoms with van der Waals surface area (Å²) >= 11 is 0. The van der Waals surface area contributed by atoms with Gasteiger partial charge in [-0.15, -0.1) is 0 Å². The molecule has 0 aliphatic carbocycles. The molecule has 0 saturated carbocycles. The van der Waals surface area contributed by atoms with Crippen LogP contribution in [0.3, 0.4) is 0 Å². The van der Waals surface area contributed by atoms with Crippen molar-refractivity contribution in [3.05, 3.63) is 12.4 Å². The molecule has 2 saturated heterocycles. The summed E-state index contributed by atoms with van der Waals surface area (Å²) in [6.07, 6.45) is 6.94. The second-order valence-corrected chi connectivity index (χ2v) is 7.71. The summed E-state index contributed by atoms with van der Waals surface area (Å²) in [5.74, 6) is 1.91. The predicted molar refractivity (Wildman–Crippen MR) is 102 cm³/mol. The fourth-order valence-electron chi connectivity index (χ4n) is 3.83. The Balaban J connectivity index is 1.70. The van der Waals surface area contributed by atoms with Crippen LogP contribution in [0.1, 0.15) is 46.0 Å². The van der Waals surface area contributed by atoms with Gasteiger partial charge in [-0.2, -0.15) is 0 Å². The highest BCUT2D eigenvalue weighted by Gasteiger charge is 2.26. The zero-order valence-corrected chi connectivity index (χ0v) is 15.9. The number of amides is 1. The second-order valence-electron chi connectivity index (χ2n) is 7.71. The van der Waals surface area contributed by atoms with Crippen LogP contribution in [-0.2, 0) is 4.79 Å². The zero-order chi connectivity index (χ0) is 18.5. The van der Waals surface area contributed by atoms with Crippen LogP contribution in [0, 0.1) is 5.92 Å². The molecule has 2 unspecified atom stereocenters. The van der Waals surface area contributed by atoms with E-state index in [9.17, 15) is 9.90 Å². The lowest BCUT2D eigenvalue weighted by Gasteiger charge is -2.37. The van der Waals surface area contributed by atoms with Crippen LogP contribution >= 0.6 is 0 Å². The second kappa shape index (κ2) is 8.66. The number of carbonyl (C=O) groups is 1. The quantitative estimate of drug-likeness (QED) is 0.828. The van der Waals surface area contributed by atoms with Gasteiger partial charge in [-0.25, -0.2) is 9.97 Å². The number of piperidine rings is 2. The number of anilines is 2. The average molecular weight is 361 g/mol. The summed E-state index contributed by atoms with van der Waals surface area (Å²) in [6.45, 7) is 6.64. The number of nitrogens with one attached hydrogen (secondary N) is 1. The predicted octanol–water partition coefficient (Wildman–Crippen LogP) is 1.57. The first-order valence-corrected chi connectivity index (χ1v) is 9.83. The van der Waals surface area contributed by atoms with Crippen LogP contribution in [-0.4, -0.2) is 59.3 Å². The van der Waals surface area contributed by atoms with Gasteiger partial charge in [0.05, 0.1) is 12.6 Å². The van der Waals surface area contributed by atoms with Gasteiger partial charge in [0.2, 0.25) is 5.91 Å². The molecular formula is C19H31N5O2. The molecule has 2 N–H and O–H groups in total. The van der Waals surface area contributed by atoms with E-state index in [0.717, 1.165) is 63.4 Å². The summed E-state index contributed by atoms with van der Waals surface area (Å²) in [7, 11) is 0. The van der Waals surface area contributed by atoms with Gasteiger partial charge in [0, 0.05) is 37.7 Å². The molecule has 2 aliphatic rings. The highest BCUT2D eigenvalue weighted by atomic mass is 16.3. The number of aromatic nitrogens is 2. The van der Waals surface area contributed by atoms with Gasteiger partial charge in [-0.05, 0) is 32.1 Å². The maximum absolute atomic E-state index is 12.0. The van der Waals surface area contributed by atoms with Crippen molar-refractivity contribution < 1.29 is 9.90 Å². The Morgan fingerprint density at radius 2 is 2.04 bits per heavy atom. The molecule has 144 valence electrons. The topological polar surface area (TPSA) is 81.6 Å². The molecule has 7 heteroatoms. The van der Waals surface area contributed by atoms with E-state index in [1.54, 1.807) is 6.33 Å². The van der Waals surface area contributed by atoms with E-state index in [1.165, 1.54) is 0 Å². The van der Waals surface area contributed by atoms with Crippen molar-refractivity contribution in [2.75, 3.05) is 36.0 Å². The lowest BCUT2D eigenvalue weighted by molar-refractivity contribution is -0.124. The molecule has 2 fully saturated rings. The van der Waals surface area contributed by atoms with Crippen molar-refractivity contribution in [2.24, 2.45) is 5.92 Å². The minimum absolute atomic E-state index is 0.00514. The molecule has 3 heterocycles. The van der Waals surface area contributed by atoms with Crippen molar-refractivity contribution in [1.82, 2.24) is 15.3 Å². The Labute approximate surface area is 155 Å². The molecule has 0 spiro atoms. The van der Waals surface area contributed by atoms with Gasteiger partial charge in [0.25, 0.3) is 0 Å². The molecule has 2 atom stereocenters. The van der Waals surface area contributed by atoms with E-state index in [1.807, 2.05) is 19.9 Å². The number of carbonyl (C=O) groups excluding carboxylic acids is 1. The van der Waals surface area contributed by atoms with Crippen LogP contribution in [0.25, 0.3) is 0 Å². The van der Waals surface area contributed by atoms with Crippen molar-refractivity contribution in [3.8, 4) is 0 Å². The number of rotatable bonds is 5. The molecule has 26 heavy (non-hydrogen) atoms. The number of nitrogens with zero attached hydrogens (tertiary/aromatic N) is 4. The minimum atomic E-state index is 0.00514. The standard InChI is InChI=1S/C19H31N5O2/c1-14(2)19(26)22-15-6-5-8-23(11-15)17-10-18(21-13-20-17)24-9-4-3-7-16(24)12-25/h10,13-16,25H,3-9,11-12H2,1-2H3,(H,22,26). The third-order valence-corrected chi connectivity index (χ3v) is 5.39. The maximum atomic E-state index is 12.0. The largest absolute Gasteiger partial charge is 0.394 e. The van der Waals surface area contributed by atoms with Gasteiger partial charge in [0.1, 0.15) is 18.0 Å². The van der Waals surface area contributed by atoms with E-state index < -0.39 is 0 Å². The molecule has 0 bridgehead atoms. The Morgan fingerprint density at radius 1 is 1.23 bits per heavy atom. The molecule has 0 aromatic carbocycles. The van der Waals surface area contributed by atoms with Crippen LogP contribution in [0.5, 0.6) is 0 Å². The maximum Gasteiger partial charge on any atom is 0.222 e. The number of aliphatic hydroxyl groups excluding tert-OH is 1. The number of hydrogen-bond donors (Lipinski definition) is 2. The smallest absolute Gasteiger partial charge is 0.222 e. The number of aliphatic hydroxyl groups is 1. The lowest BCUT2D eigenvalue weighted by Crippen LogP contribution is -2.49. The molecule has 2 aliphatic heterocycles. The summed E-state index contributed by atoms with van der Waals surface area (Å²) in [5.41, 5.74) is 0. The van der Waals surface area contributed by atoms with Crippen molar-refractivity contribution in [3.63, 3.8) is 0 Å². The van der Waals surface area contributed by atoms with Gasteiger partial charge in [0.15, 0.2) is 0 Å². The SMILES string of the molecule is CC(C)C(=O)NC1CCCN(c2cc(N3CCCCC3CO)ncn2)C1.